The molecular weight excluding hydrogens is 316 g/mol. The molecule has 0 unspecified atom stereocenters. The van der Waals surface area contributed by atoms with Gasteiger partial charge in [0.05, 0.1) is 5.02 Å². The van der Waals surface area contributed by atoms with E-state index in [4.69, 9.17) is 17.3 Å². The maximum Gasteiger partial charge on any atom is 0.244 e. The van der Waals surface area contributed by atoms with Crippen molar-refractivity contribution in [3.05, 3.63) is 45.1 Å². The van der Waals surface area contributed by atoms with Crippen LogP contribution >= 0.6 is 22.9 Å². The van der Waals surface area contributed by atoms with Crippen molar-refractivity contribution < 1.29 is 8.42 Å². The third-order valence-corrected chi connectivity index (χ3v) is 6.70. The molecule has 0 spiro atoms. The summed E-state index contributed by atoms with van der Waals surface area (Å²) >= 11 is 7.70. The second kappa shape index (κ2) is 5.04. The molecule has 0 radical (unpaired) electrons. The van der Waals surface area contributed by atoms with E-state index >= 15 is 0 Å². The molecule has 7 heteroatoms. The lowest BCUT2D eigenvalue weighted by molar-refractivity contribution is 0.394. The van der Waals surface area contributed by atoms with Crippen LogP contribution in [0.5, 0.6) is 0 Å². The van der Waals surface area contributed by atoms with Crippen LogP contribution in [0.25, 0.3) is 0 Å². The SMILES string of the molecule is Nc1ccc(S(=O)(=O)N2CCc3sccc3C2)c(Cl)c1. The highest BCUT2D eigenvalue weighted by Crippen LogP contribution is 2.31. The van der Waals surface area contributed by atoms with Crippen molar-refractivity contribution >= 4 is 38.6 Å². The van der Waals surface area contributed by atoms with Gasteiger partial charge in [0.15, 0.2) is 0 Å². The van der Waals surface area contributed by atoms with Gasteiger partial charge in [-0.1, -0.05) is 11.6 Å². The Labute approximate surface area is 126 Å². The molecule has 106 valence electrons. The molecule has 0 amide bonds. The maximum absolute atomic E-state index is 12.7. The summed E-state index contributed by atoms with van der Waals surface area (Å²) in [4.78, 5) is 1.38. The number of rotatable bonds is 2. The van der Waals surface area contributed by atoms with Crippen LogP contribution in [0.2, 0.25) is 5.02 Å². The molecule has 0 saturated heterocycles. The predicted octanol–water partition coefficient (Wildman–Crippen LogP) is 2.73. The number of nitrogen functional groups attached to an aromatic ring is 1. The van der Waals surface area contributed by atoms with Gasteiger partial charge in [0.2, 0.25) is 10.0 Å². The fourth-order valence-electron chi connectivity index (χ4n) is 2.29. The van der Waals surface area contributed by atoms with Crippen LogP contribution in [0.15, 0.2) is 34.5 Å². The Morgan fingerprint density at radius 1 is 1.30 bits per heavy atom. The van der Waals surface area contributed by atoms with Crippen molar-refractivity contribution in [3.8, 4) is 0 Å². The van der Waals surface area contributed by atoms with Gasteiger partial charge >= 0.3 is 0 Å². The van der Waals surface area contributed by atoms with Crippen LogP contribution < -0.4 is 5.73 Å². The van der Waals surface area contributed by atoms with Crippen LogP contribution in [-0.4, -0.2) is 19.3 Å². The van der Waals surface area contributed by atoms with Gasteiger partial charge in [0.25, 0.3) is 0 Å². The minimum Gasteiger partial charge on any atom is -0.399 e. The molecule has 1 aromatic heterocycles. The van der Waals surface area contributed by atoms with Crippen molar-refractivity contribution in [2.24, 2.45) is 0 Å². The quantitative estimate of drug-likeness (QED) is 0.862. The summed E-state index contributed by atoms with van der Waals surface area (Å²) in [6.07, 6.45) is 0.749. The Morgan fingerprint density at radius 3 is 2.85 bits per heavy atom. The highest BCUT2D eigenvalue weighted by atomic mass is 35.5. The van der Waals surface area contributed by atoms with Crippen LogP contribution in [0.3, 0.4) is 0 Å². The molecule has 0 fully saturated rings. The zero-order chi connectivity index (χ0) is 14.3. The second-order valence-electron chi connectivity index (χ2n) is 4.65. The first-order valence-electron chi connectivity index (χ1n) is 6.09. The summed E-state index contributed by atoms with van der Waals surface area (Å²) in [5, 5.41) is 2.16. The predicted molar refractivity (Wildman–Crippen MR) is 81.5 cm³/mol. The molecule has 0 atom stereocenters. The Bertz CT molecular complexity index is 755. The van der Waals surface area contributed by atoms with Crippen LogP contribution in [0, 0.1) is 0 Å². The number of nitrogens with zero attached hydrogens (tertiary/aromatic N) is 1. The zero-order valence-corrected chi connectivity index (χ0v) is 12.9. The highest BCUT2D eigenvalue weighted by Gasteiger charge is 2.30. The normalized spacial score (nSPS) is 16.1. The molecule has 0 saturated carbocycles. The molecule has 1 aliphatic rings. The van der Waals surface area contributed by atoms with E-state index < -0.39 is 10.0 Å². The molecule has 2 N–H and O–H groups in total. The number of hydrogen-bond acceptors (Lipinski definition) is 4. The largest absolute Gasteiger partial charge is 0.399 e. The Kier molecular flexibility index (Phi) is 3.50. The van der Waals surface area contributed by atoms with E-state index in [2.05, 4.69) is 0 Å². The summed E-state index contributed by atoms with van der Waals surface area (Å²) in [5.74, 6) is 0. The number of thiophene rings is 1. The number of nitrogens with two attached hydrogens (primary N) is 1. The minimum absolute atomic E-state index is 0.118. The molecule has 4 nitrogen and oxygen atoms in total. The maximum atomic E-state index is 12.7. The van der Waals surface area contributed by atoms with E-state index in [0.717, 1.165) is 12.0 Å². The first-order valence-corrected chi connectivity index (χ1v) is 8.78. The van der Waals surface area contributed by atoms with Crippen molar-refractivity contribution in [1.29, 1.82) is 0 Å². The van der Waals surface area contributed by atoms with Gasteiger partial charge in [0.1, 0.15) is 4.90 Å². The van der Waals surface area contributed by atoms with Crippen LogP contribution in [0.4, 0.5) is 5.69 Å². The lowest BCUT2D eigenvalue weighted by Gasteiger charge is -2.26. The van der Waals surface area contributed by atoms with E-state index in [9.17, 15) is 8.42 Å². The van der Waals surface area contributed by atoms with Crippen molar-refractivity contribution in [2.45, 2.75) is 17.9 Å². The molecule has 1 aliphatic heterocycles. The number of fused-ring (bicyclic) bond motifs is 1. The average molecular weight is 329 g/mol. The number of hydrogen-bond donors (Lipinski definition) is 1. The molecule has 0 aliphatic carbocycles. The molecule has 0 bridgehead atoms. The lowest BCUT2D eigenvalue weighted by atomic mass is 10.1. The molecule has 1 aromatic carbocycles. The van der Waals surface area contributed by atoms with E-state index in [1.165, 1.54) is 21.3 Å². The van der Waals surface area contributed by atoms with Gasteiger partial charge in [-0.25, -0.2) is 8.42 Å². The van der Waals surface area contributed by atoms with Crippen molar-refractivity contribution in [3.63, 3.8) is 0 Å². The van der Waals surface area contributed by atoms with E-state index in [1.807, 2.05) is 11.4 Å². The molecular formula is C13H13ClN2O2S2. The molecule has 3 rings (SSSR count). The topological polar surface area (TPSA) is 63.4 Å². The summed E-state index contributed by atoms with van der Waals surface area (Å²) < 4.78 is 26.8. The van der Waals surface area contributed by atoms with Gasteiger partial charge in [-0.3, -0.25) is 0 Å². The minimum atomic E-state index is -3.58. The zero-order valence-electron chi connectivity index (χ0n) is 10.5. The van der Waals surface area contributed by atoms with Gasteiger partial charge in [-0.05, 0) is 41.6 Å². The average Bonchev–Trinajstić information content (AvgIpc) is 2.85. The van der Waals surface area contributed by atoms with Gasteiger partial charge in [-0.2, -0.15) is 4.31 Å². The molecule has 2 heterocycles. The third-order valence-electron chi connectivity index (χ3n) is 3.35. The summed E-state index contributed by atoms with van der Waals surface area (Å²) in [6.45, 7) is 0.887. The standard InChI is InChI=1S/C13H13ClN2O2S2/c14-11-7-10(15)1-2-13(11)20(17,18)16-5-3-12-9(8-16)4-6-19-12/h1-2,4,6-7H,3,5,8,15H2. The first-order chi connectivity index (χ1) is 9.48. The number of anilines is 1. The Hall–Kier alpha value is -1.08. The van der Waals surface area contributed by atoms with Gasteiger partial charge in [-0.15, -0.1) is 11.3 Å². The van der Waals surface area contributed by atoms with Crippen LogP contribution in [0.1, 0.15) is 10.4 Å². The monoisotopic (exact) mass is 328 g/mol. The number of halogens is 1. The fourth-order valence-corrected chi connectivity index (χ4v) is 5.13. The van der Waals surface area contributed by atoms with Gasteiger partial charge < -0.3 is 5.73 Å². The van der Waals surface area contributed by atoms with Crippen LogP contribution in [-0.2, 0) is 23.0 Å². The fraction of sp³-hybridized carbons (Fsp3) is 0.231. The third kappa shape index (κ3) is 2.33. The highest BCUT2D eigenvalue weighted by molar-refractivity contribution is 7.89. The first kappa shape index (κ1) is 13.9. The lowest BCUT2D eigenvalue weighted by Crippen LogP contribution is -2.35. The summed E-state index contributed by atoms with van der Waals surface area (Å²) in [6, 6.07) is 6.47. The molecule has 2 aromatic rings. The van der Waals surface area contributed by atoms with Crippen molar-refractivity contribution in [2.75, 3.05) is 12.3 Å². The molecule has 20 heavy (non-hydrogen) atoms. The van der Waals surface area contributed by atoms with E-state index in [0.29, 0.717) is 18.8 Å². The smallest absolute Gasteiger partial charge is 0.244 e. The van der Waals surface area contributed by atoms with E-state index in [1.54, 1.807) is 17.4 Å². The van der Waals surface area contributed by atoms with Crippen molar-refractivity contribution in [1.82, 2.24) is 4.31 Å². The summed E-state index contributed by atoms with van der Waals surface area (Å²) in [5.41, 5.74) is 7.14. The van der Waals surface area contributed by atoms with E-state index in [-0.39, 0.29) is 9.92 Å². The van der Waals surface area contributed by atoms with Gasteiger partial charge in [0, 0.05) is 23.7 Å². The number of sulfonamides is 1. The number of benzene rings is 1. The Balaban J connectivity index is 1.97. The Morgan fingerprint density at radius 2 is 2.10 bits per heavy atom. The summed E-state index contributed by atoms with van der Waals surface area (Å²) in [7, 11) is -3.58. The second-order valence-corrected chi connectivity index (χ2v) is 7.96.